The number of aliphatic carboxylic acids is 1. The summed E-state index contributed by atoms with van der Waals surface area (Å²) < 4.78 is 7.19. The number of nitro benzene ring substituents is 1. The van der Waals surface area contributed by atoms with Gasteiger partial charge >= 0.3 is 0 Å². The predicted molar refractivity (Wildman–Crippen MR) is 159 cm³/mol. The Morgan fingerprint density at radius 2 is 1.91 bits per heavy atom. The summed E-state index contributed by atoms with van der Waals surface area (Å²) in [6.45, 7) is 2.79. The number of methoxy groups -OCH3 is 1. The van der Waals surface area contributed by atoms with Gasteiger partial charge in [0.1, 0.15) is 34.8 Å². The van der Waals surface area contributed by atoms with Crippen LogP contribution in [0.5, 0.6) is 5.75 Å². The normalized spacial score (nSPS) is 13.3. The lowest BCUT2D eigenvalue weighted by Gasteiger charge is -2.23. The van der Waals surface area contributed by atoms with E-state index in [-0.39, 0.29) is 28.8 Å². The Hall–Kier alpha value is -5.57. The third kappa shape index (κ3) is 5.78. The number of nitrogens with zero attached hydrogens (tertiary/aromatic N) is 5. The molecule has 0 spiro atoms. The molecule has 1 aliphatic heterocycles. The number of non-ortho nitro benzene ring substituents is 1. The van der Waals surface area contributed by atoms with Crippen LogP contribution in [-0.2, 0) is 4.79 Å². The van der Waals surface area contributed by atoms with Crippen LogP contribution >= 0.6 is 0 Å². The lowest BCUT2D eigenvalue weighted by Crippen LogP contribution is -2.30. The molecule has 6 N–H and O–H groups in total. The van der Waals surface area contributed by atoms with Crippen LogP contribution in [0.1, 0.15) is 36.3 Å². The van der Waals surface area contributed by atoms with E-state index < -0.39 is 16.8 Å². The van der Waals surface area contributed by atoms with E-state index in [1.54, 1.807) is 36.4 Å². The molecular formula is C28H29N9O6. The van der Waals surface area contributed by atoms with Gasteiger partial charge < -0.3 is 31.2 Å². The number of anilines is 2. The van der Waals surface area contributed by atoms with Crippen molar-refractivity contribution < 1.29 is 24.4 Å². The topological polar surface area (TPSA) is 216 Å². The molecule has 0 atom stereocenters. The molecule has 1 fully saturated rings. The summed E-state index contributed by atoms with van der Waals surface area (Å²) in [6.07, 6.45) is 3.14. The van der Waals surface area contributed by atoms with Gasteiger partial charge in [-0.1, -0.05) is 12.1 Å². The number of aromatic nitrogens is 5. The average Bonchev–Trinajstić information content (AvgIpc) is 3.61. The second-order valence-corrected chi connectivity index (χ2v) is 9.77. The van der Waals surface area contributed by atoms with E-state index in [4.69, 9.17) is 25.5 Å². The van der Waals surface area contributed by atoms with Gasteiger partial charge in [-0.3, -0.25) is 19.7 Å². The Morgan fingerprint density at radius 3 is 2.60 bits per heavy atom. The Labute approximate surface area is 244 Å². The summed E-state index contributed by atoms with van der Waals surface area (Å²) in [6, 6.07) is 11.7. The number of nitrogens with one attached hydrogen (secondary N) is 3. The number of hydrogen-bond donors (Lipinski definition) is 5. The summed E-state index contributed by atoms with van der Waals surface area (Å²) in [5.41, 5.74) is 8.62. The number of nitrogens with two attached hydrogens (primary N) is 1. The van der Waals surface area contributed by atoms with Crippen molar-refractivity contribution in [2.75, 3.05) is 31.2 Å². The molecule has 1 saturated heterocycles. The fraction of sp³-hybridized carbons (Fsp3) is 0.250. The maximum atomic E-state index is 13.2. The molecule has 15 heteroatoms. The zero-order valence-electron chi connectivity index (χ0n) is 23.3. The molecule has 2 aromatic carbocycles. The molecule has 1 aliphatic rings. The van der Waals surface area contributed by atoms with E-state index in [1.807, 2.05) is 4.68 Å². The maximum Gasteiger partial charge on any atom is 0.300 e. The Balaban J connectivity index is 0.000000868. The zero-order chi connectivity index (χ0) is 30.7. The minimum atomic E-state index is -0.833. The van der Waals surface area contributed by atoms with Gasteiger partial charge in [-0.15, -0.1) is 0 Å². The molecule has 4 heterocycles. The first-order valence-electron chi connectivity index (χ1n) is 13.3. The van der Waals surface area contributed by atoms with Crippen LogP contribution in [-0.4, -0.2) is 66.8 Å². The molecule has 15 nitrogen and oxygen atoms in total. The highest BCUT2D eigenvalue weighted by molar-refractivity contribution is 6.12. The number of ether oxygens (including phenoxy) is 1. The standard InChI is InChI=1S/C26H25N9O4.C2H4O2/c1-39-20-5-3-2-4-17(20)32-26(36)18-12-16-15(6-7-19(35(37)38)22(16)31-18)23-21-24(27)29-13-30-25(21)34(33-23)14-8-10-28-11-9-14;1-2(3)4/h2-7,12-14,28,31H,8-11H2,1H3,(H,32,36)(H2,27,29,30);1H3,(H,3,4). The number of rotatable bonds is 6. The van der Waals surface area contributed by atoms with Crippen LogP contribution in [0.3, 0.4) is 0 Å². The molecule has 6 rings (SSSR count). The smallest absolute Gasteiger partial charge is 0.300 e. The number of fused-ring (bicyclic) bond motifs is 2. The Morgan fingerprint density at radius 1 is 1.19 bits per heavy atom. The SMILES string of the molecule is CC(=O)O.COc1ccccc1NC(=O)c1cc2c(-c3nn(C4CCNCC4)c4ncnc(N)c34)ccc([N+](=O)[O-])c2[nH]1. The minimum absolute atomic E-state index is 0.110. The third-order valence-corrected chi connectivity index (χ3v) is 7.00. The van der Waals surface area contributed by atoms with E-state index >= 15 is 0 Å². The van der Waals surface area contributed by atoms with Crippen LogP contribution in [0.2, 0.25) is 0 Å². The summed E-state index contributed by atoms with van der Waals surface area (Å²) in [4.78, 5) is 45.2. The highest BCUT2D eigenvalue weighted by Gasteiger charge is 2.27. The molecule has 43 heavy (non-hydrogen) atoms. The number of hydrogen-bond acceptors (Lipinski definition) is 10. The first-order valence-corrected chi connectivity index (χ1v) is 13.3. The number of carboxylic acid groups (broad SMARTS) is 1. The van der Waals surface area contributed by atoms with Crippen molar-refractivity contribution in [3.63, 3.8) is 0 Å². The second-order valence-electron chi connectivity index (χ2n) is 9.77. The lowest BCUT2D eigenvalue weighted by atomic mass is 10.0. The highest BCUT2D eigenvalue weighted by atomic mass is 16.6. The molecule has 3 aromatic heterocycles. The summed E-state index contributed by atoms with van der Waals surface area (Å²) in [5.74, 6) is -0.575. The molecule has 222 valence electrons. The van der Waals surface area contributed by atoms with Crippen LogP contribution in [0, 0.1) is 10.1 Å². The first-order chi connectivity index (χ1) is 20.7. The number of carbonyl (C=O) groups is 2. The Bertz CT molecular complexity index is 1840. The third-order valence-electron chi connectivity index (χ3n) is 7.00. The Kier molecular flexibility index (Phi) is 8.16. The minimum Gasteiger partial charge on any atom is -0.495 e. The summed E-state index contributed by atoms with van der Waals surface area (Å²) in [7, 11) is 1.51. The quantitative estimate of drug-likeness (QED) is 0.142. The molecule has 0 unspecified atom stereocenters. The van der Waals surface area contributed by atoms with Crippen molar-refractivity contribution in [3.05, 3.63) is 64.6 Å². The number of carbonyl (C=O) groups excluding carboxylic acids is 1. The fourth-order valence-electron chi connectivity index (χ4n) is 5.11. The highest BCUT2D eigenvalue weighted by Crippen LogP contribution is 2.39. The van der Waals surface area contributed by atoms with Crippen molar-refractivity contribution in [2.24, 2.45) is 0 Å². The van der Waals surface area contributed by atoms with E-state index in [0.29, 0.717) is 39.1 Å². The number of para-hydroxylation sites is 2. The van der Waals surface area contributed by atoms with Gasteiger partial charge in [0, 0.05) is 23.9 Å². The summed E-state index contributed by atoms with van der Waals surface area (Å²) >= 11 is 0. The van der Waals surface area contributed by atoms with Crippen molar-refractivity contribution in [2.45, 2.75) is 25.8 Å². The van der Waals surface area contributed by atoms with Crippen molar-refractivity contribution in [1.82, 2.24) is 30.0 Å². The number of piperidine rings is 1. The van der Waals surface area contributed by atoms with Crippen LogP contribution in [0.4, 0.5) is 17.2 Å². The fourth-order valence-corrected chi connectivity index (χ4v) is 5.11. The van der Waals surface area contributed by atoms with Gasteiger partial charge in [0.25, 0.3) is 17.6 Å². The number of H-pyrrole nitrogens is 1. The molecule has 0 bridgehead atoms. The van der Waals surface area contributed by atoms with Crippen molar-refractivity contribution in [3.8, 4) is 17.0 Å². The molecule has 5 aromatic rings. The lowest BCUT2D eigenvalue weighted by molar-refractivity contribution is -0.383. The monoisotopic (exact) mass is 587 g/mol. The summed E-state index contributed by atoms with van der Waals surface area (Å²) in [5, 5.41) is 31.4. The molecule has 1 amide bonds. The van der Waals surface area contributed by atoms with Crippen LogP contribution in [0.25, 0.3) is 33.2 Å². The second kappa shape index (κ2) is 12.1. The van der Waals surface area contributed by atoms with Gasteiger partial charge in [-0.05, 0) is 50.2 Å². The number of benzene rings is 2. The zero-order valence-corrected chi connectivity index (χ0v) is 23.3. The van der Waals surface area contributed by atoms with Gasteiger partial charge in [-0.2, -0.15) is 5.10 Å². The number of nitrogen functional groups attached to an aromatic ring is 1. The molecule has 0 radical (unpaired) electrons. The number of amides is 1. The van der Waals surface area contributed by atoms with Gasteiger partial charge in [0.05, 0.1) is 29.1 Å². The largest absolute Gasteiger partial charge is 0.495 e. The molecule has 0 aliphatic carbocycles. The number of carboxylic acids is 1. The van der Waals surface area contributed by atoms with Crippen LogP contribution in [0.15, 0.2) is 48.8 Å². The van der Waals surface area contributed by atoms with Crippen LogP contribution < -0.4 is 21.1 Å². The van der Waals surface area contributed by atoms with E-state index in [2.05, 4.69) is 25.6 Å². The molecular weight excluding hydrogens is 558 g/mol. The maximum absolute atomic E-state index is 13.2. The molecule has 0 saturated carbocycles. The van der Waals surface area contributed by atoms with Gasteiger partial charge in [0.2, 0.25) is 0 Å². The van der Waals surface area contributed by atoms with Gasteiger partial charge in [0.15, 0.2) is 5.65 Å². The number of nitro groups is 1. The predicted octanol–water partition coefficient (Wildman–Crippen LogP) is 3.74. The average molecular weight is 588 g/mol. The van der Waals surface area contributed by atoms with Gasteiger partial charge in [-0.25, -0.2) is 14.6 Å². The van der Waals surface area contributed by atoms with E-state index in [1.165, 1.54) is 19.5 Å². The van der Waals surface area contributed by atoms with Crippen molar-refractivity contribution in [1.29, 1.82) is 0 Å². The first kappa shape index (κ1) is 28.9. The van der Waals surface area contributed by atoms with E-state index in [9.17, 15) is 14.9 Å². The number of aromatic amines is 1. The van der Waals surface area contributed by atoms with E-state index in [0.717, 1.165) is 32.9 Å². The van der Waals surface area contributed by atoms with Crippen molar-refractivity contribution >= 4 is 51.0 Å².